The summed E-state index contributed by atoms with van der Waals surface area (Å²) in [5.74, 6) is 0. The predicted octanol–water partition coefficient (Wildman–Crippen LogP) is 1.59. The molecule has 0 amide bonds. The quantitative estimate of drug-likeness (QED) is 0.458. The highest BCUT2D eigenvalue weighted by atomic mass is 16.6. The molecule has 0 rings (SSSR count). The van der Waals surface area contributed by atoms with Crippen molar-refractivity contribution in [3.63, 3.8) is 0 Å². The van der Waals surface area contributed by atoms with E-state index in [1.165, 1.54) is 0 Å². The van der Waals surface area contributed by atoms with Crippen molar-refractivity contribution < 1.29 is 4.92 Å². The second-order valence-electron chi connectivity index (χ2n) is 2.99. The van der Waals surface area contributed by atoms with Gasteiger partial charge in [-0.2, -0.15) is 5.26 Å². The van der Waals surface area contributed by atoms with Crippen LogP contribution in [0, 0.1) is 26.9 Å². The molecule has 0 saturated carbocycles. The molecule has 0 spiro atoms. The zero-order chi connectivity index (χ0) is 8.91. The molecule has 0 aliphatic carbocycles. The molecule has 0 radical (unpaired) electrons. The molecule has 62 valence electrons. The Balaban J connectivity index is 4.12. The third-order valence-electron chi connectivity index (χ3n) is 1.87. The van der Waals surface area contributed by atoms with Crippen molar-refractivity contribution in [3.8, 4) is 6.07 Å². The molecule has 0 heterocycles. The van der Waals surface area contributed by atoms with Crippen LogP contribution in [0.1, 0.15) is 26.7 Å². The molecule has 0 aromatic carbocycles. The minimum Gasteiger partial charge on any atom is -0.265 e. The topological polar surface area (TPSA) is 66.9 Å². The van der Waals surface area contributed by atoms with Gasteiger partial charge in [0.05, 0.1) is 6.07 Å². The van der Waals surface area contributed by atoms with Gasteiger partial charge in [-0.3, -0.25) is 10.1 Å². The summed E-state index contributed by atoms with van der Waals surface area (Å²) in [6.07, 6.45) is 0.923. The summed E-state index contributed by atoms with van der Waals surface area (Å²) in [5, 5.41) is 18.5. The Kier molecular flexibility index (Phi) is 3.52. The SMILES string of the molecule is CCC(C)(CC#N)C[N+](=O)[O-]. The number of hydrogen-bond donors (Lipinski definition) is 0. The first-order valence-corrected chi connectivity index (χ1v) is 3.53. The van der Waals surface area contributed by atoms with E-state index in [1.807, 2.05) is 13.0 Å². The number of nitriles is 1. The van der Waals surface area contributed by atoms with Crippen molar-refractivity contribution in [2.45, 2.75) is 26.7 Å². The fourth-order valence-corrected chi connectivity index (χ4v) is 0.795. The van der Waals surface area contributed by atoms with Gasteiger partial charge in [0.2, 0.25) is 6.54 Å². The lowest BCUT2D eigenvalue weighted by Gasteiger charge is -2.18. The molecule has 4 heteroatoms. The molecule has 4 nitrogen and oxygen atoms in total. The number of nitro groups is 1. The first-order valence-electron chi connectivity index (χ1n) is 3.53. The highest BCUT2D eigenvalue weighted by Crippen LogP contribution is 2.24. The standard InChI is InChI=1S/C7H12N2O2/c1-3-7(2,4-5-8)6-9(10)11/h3-4,6H2,1-2H3. The fourth-order valence-electron chi connectivity index (χ4n) is 0.795. The number of hydrogen-bond acceptors (Lipinski definition) is 3. The maximum Gasteiger partial charge on any atom is 0.210 e. The minimum absolute atomic E-state index is 0.114. The molecule has 0 N–H and O–H groups in total. The van der Waals surface area contributed by atoms with E-state index in [0.717, 1.165) is 0 Å². The molecule has 1 atom stereocenters. The first kappa shape index (κ1) is 9.89. The van der Waals surface area contributed by atoms with Crippen molar-refractivity contribution in [1.82, 2.24) is 0 Å². The lowest BCUT2D eigenvalue weighted by atomic mass is 9.85. The molecule has 0 aromatic rings. The molecule has 0 bridgehead atoms. The van der Waals surface area contributed by atoms with Crippen LogP contribution in [0.25, 0.3) is 0 Å². The lowest BCUT2D eigenvalue weighted by molar-refractivity contribution is -0.496. The Morgan fingerprint density at radius 2 is 2.27 bits per heavy atom. The summed E-state index contributed by atoms with van der Waals surface area (Å²) in [5.41, 5.74) is -0.446. The van der Waals surface area contributed by atoms with E-state index in [9.17, 15) is 10.1 Å². The summed E-state index contributed by atoms with van der Waals surface area (Å²) in [4.78, 5) is 9.78. The van der Waals surface area contributed by atoms with Gasteiger partial charge in [-0.25, -0.2) is 0 Å². The molecule has 0 aromatic heterocycles. The molecular weight excluding hydrogens is 144 g/mol. The number of nitrogens with zero attached hydrogens (tertiary/aromatic N) is 2. The fraction of sp³-hybridized carbons (Fsp3) is 0.857. The maximum atomic E-state index is 10.1. The molecule has 0 aliphatic rings. The van der Waals surface area contributed by atoms with E-state index in [4.69, 9.17) is 5.26 Å². The Bertz CT molecular complexity index is 185. The highest BCUT2D eigenvalue weighted by Gasteiger charge is 2.27. The lowest BCUT2D eigenvalue weighted by Crippen LogP contribution is -2.25. The summed E-state index contributed by atoms with van der Waals surface area (Å²) < 4.78 is 0. The summed E-state index contributed by atoms with van der Waals surface area (Å²) in [6.45, 7) is 3.51. The third kappa shape index (κ3) is 3.56. The monoisotopic (exact) mass is 156 g/mol. The van der Waals surface area contributed by atoms with Gasteiger partial charge in [-0.15, -0.1) is 0 Å². The normalized spacial score (nSPS) is 15.0. The van der Waals surface area contributed by atoms with Gasteiger partial charge < -0.3 is 0 Å². The van der Waals surface area contributed by atoms with E-state index < -0.39 is 5.41 Å². The van der Waals surface area contributed by atoms with Crippen LogP contribution in [-0.2, 0) is 0 Å². The van der Waals surface area contributed by atoms with Crippen LogP contribution in [-0.4, -0.2) is 11.5 Å². The number of rotatable bonds is 4. The molecule has 0 saturated heterocycles. The van der Waals surface area contributed by atoms with Gasteiger partial charge in [0.25, 0.3) is 0 Å². The van der Waals surface area contributed by atoms with Crippen molar-refractivity contribution in [2.24, 2.45) is 5.41 Å². The van der Waals surface area contributed by atoms with E-state index in [-0.39, 0.29) is 17.9 Å². The molecule has 11 heavy (non-hydrogen) atoms. The molecule has 1 unspecified atom stereocenters. The van der Waals surface area contributed by atoms with Gasteiger partial charge >= 0.3 is 0 Å². The highest BCUT2D eigenvalue weighted by molar-refractivity contribution is 4.83. The Labute approximate surface area is 66.0 Å². The summed E-state index contributed by atoms with van der Waals surface area (Å²) in [6, 6.07) is 1.96. The second-order valence-corrected chi connectivity index (χ2v) is 2.99. The third-order valence-corrected chi connectivity index (χ3v) is 1.87. The smallest absolute Gasteiger partial charge is 0.210 e. The van der Waals surface area contributed by atoms with Crippen LogP contribution in [0.2, 0.25) is 0 Å². The maximum absolute atomic E-state index is 10.1. The predicted molar refractivity (Wildman–Crippen MR) is 40.5 cm³/mol. The average Bonchev–Trinajstić information content (AvgIpc) is 1.87. The van der Waals surface area contributed by atoms with Crippen LogP contribution in [0.5, 0.6) is 0 Å². The molecule has 0 fully saturated rings. The van der Waals surface area contributed by atoms with Crippen molar-refractivity contribution >= 4 is 0 Å². The van der Waals surface area contributed by atoms with Crippen LogP contribution >= 0.6 is 0 Å². The first-order chi connectivity index (χ1) is 5.04. The minimum atomic E-state index is -0.446. The van der Waals surface area contributed by atoms with E-state index in [2.05, 4.69) is 0 Å². The van der Waals surface area contributed by atoms with Gasteiger partial charge in [-0.05, 0) is 6.42 Å². The summed E-state index contributed by atoms with van der Waals surface area (Å²) in [7, 11) is 0. The second kappa shape index (κ2) is 3.91. The zero-order valence-corrected chi connectivity index (χ0v) is 6.83. The summed E-state index contributed by atoms with van der Waals surface area (Å²) >= 11 is 0. The molecular formula is C7H12N2O2. The average molecular weight is 156 g/mol. The van der Waals surface area contributed by atoms with Crippen LogP contribution in [0.3, 0.4) is 0 Å². The van der Waals surface area contributed by atoms with Gasteiger partial charge in [0.1, 0.15) is 0 Å². The van der Waals surface area contributed by atoms with E-state index in [1.54, 1.807) is 6.92 Å². The van der Waals surface area contributed by atoms with Crippen molar-refractivity contribution in [3.05, 3.63) is 10.1 Å². The Hall–Kier alpha value is -1.11. The van der Waals surface area contributed by atoms with Gasteiger partial charge in [-0.1, -0.05) is 13.8 Å². The van der Waals surface area contributed by atoms with Crippen LogP contribution < -0.4 is 0 Å². The van der Waals surface area contributed by atoms with Crippen LogP contribution in [0.15, 0.2) is 0 Å². The van der Waals surface area contributed by atoms with Gasteiger partial charge in [0, 0.05) is 16.8 Å². The zero-order valence-electron chi connectivity index (χ0n) is 6.83. The Morgan fingerprint density at radius 3 is 2.55 bits per heavy atom. The van der Waals surface area contributed by atoms with Crippen LogP contribution in [0.4, 0.5) is 0 Å². The van der Waals surface area contributed by atoms with E-state index in [0.29, 0.717) is 6.42 Å². The molecule has 0 aliphatic heterocycles. The van der Waals surface area contributed by atoms with Crippen molar-refractivity contribution in [1.29, 1.82) is 5.26 Å². The largest absolute Gasteiger partial charge is 0.265 e. The Morgan fingerprint density at radius 1 is 1.73 bits per heavy atom. The van der Waals surface area contributed by atoms with Gasteiger partial charge in [0.15, 0.2) is 0 Å². The van der Waals surface area contributed by atoms with Crippen molar-refractivity contribution in [2.75, 3.05) is 6.54 Å². The van der Waals surface area contributed by atoms with E-state index >= 15 is 0 Å².